The molecule has 1 saturated carbocycles. The van der Waals surface area contributed by atoms with Crippen molar-refractivity contribution in [3.63, 3.8) is 0 Å². The summed E-state index contributed by atoms with van der Waals surface area (Å²) < 4.78 is 1.95. The number of nitrogens with zero attached hydrogens (tertiary/aromatic N) is 4. The monoisotopic (exact) mass is 488 g/mol. The van der Waals surface area contributed by atoms with Crippen molar-refractivity contribution in [3.8, 4) is 0 Å². The summed E-state index contributed by atoms with van der Waals surface area (Å²) in [6, 6.07) is 2.23. The first-order valence-corrected chi connectivity index (χ1v) is 9.89. The summed E-state index contributed by atoms with van der Waals surface area (Å²) in [5.41, 5.74) is 0. The third-order valence-electron chi connectivity index (χ3n) is 5.44. The Morgan fingerprint density at radius 2 is 2.11 bits per heavy atom. The van der Waals surface area contributed by atoms with Crippen molar-refractivity contribution >= 4 is 35.8 Å². The van der Waals surface area contributed by atoms with Crippen LogP contribution >= 0.6 is 24.0 Å². The fourth-order valence-corrected chi connectivity index (χ4v) is 3.96. The highest BCUT2D eigenvalue weighted by atomic mass is 127. The molecule has 2 aliphatic rings. The van der Waals surface area contributed by atoms with Crippen LogP contribution in [-0.2, 0) is 11.3 Å². The molecule has 1 aliphatic carbocycles. The van der Waals surface area contributed by atoms with Crippen LogP contribution in [0.2, 0.25) is 0 Å². The summed E-state index contributed by atoms with van der Waals surface area (Å²) in [5.74, 6) is 1.90. The lowest BCUT2D eigenvalue weighted by molar-refractivity contribution is -0.134. The Kier molecular flexibility index (Phi) is 8.85. The first kappa shape index (κ1) is 22.0. The van der Waals surface area contributed by atoms with Crippen molar-refractivity contribution in [2.45, 2.75) is 51.6 Å². The van der Waals surface area contributed by atoms with Crippen molar-refractivity contribution in [3.05, 3.63) is 18.5 Å². The Morgan fingerprint density at radius 1 is 1.33 bits per heavy atom. The molecular weight excluding hydrogens is 455 g/mol. The molecule has 2 unspecified atom stereocenters. The van der Waals surface area contributed by atoms with Gasteiger partial charge in [-0.15, -0.1) is 24.0 Å². The van der Waals surface area contributed by atoms with E-state index in [4.69, 9.17) is 0 Å². The second kappa shape index (κ2) is 10.9. The topological polar surface area (TPSA) is 74.6 Å². The van der Waals surface area contributed by atoms with Gasteiger partial charge in [0.15, 0.2) is 5.96 Å². The molecule has 27 heavy (non-hydrogen) atoms. The van der Waals surface area contributed by atoms with E-state index in [2.05, 4.69) is 27.6 Å². The van der Waals surface area contributed by atoms with Gasteiger partial charge >= 0.3 is 0 Å². The van der Waals surface area contributed by atoms with Crippen LogP contribution in [-0.4, -0.2) is 59.3 Å². The van der Waals surface area contributed by atoms with Crippen molar-refractivity contribution < 1.29 is 4.79 Å². The predicted molar refractivity (Wildman–Crippen MR) is 118 cm³/mol. The number of amides is 1. The van der Waals surface area contributed by atoms with E-state index >= 15 is 0 Å². The maximum absolute atomic E-state index is 12.6. The van der Waals surface area contributed by atoms with Crippen molar-refractivity contribution in [2.75, 3.05) is 26.7 Å². The molecule has 1 aromatic rings. The number of hydrogen-bond acceptors (Lipinski definition) is 3. The smallest absolute Gasteiger partial charge is 0.225 e. The molecule has 1 aliphatic heterocycles. The van der Waals surface area contributed by atoms with E-state index in [9.17, 15) is 4.79 Å². The van der Waals surface area contributed by atoms with Crippen molar-refractivity contribution in [1.82, 2.24) is 25.3 Å². The Balaban J connectivity index is 0.00000261. The van der Waals surface area contributed by atoms with E-state index < -0.39 is 0 Å². The summed E-state index contributed by atoms with van der Waals surface area (Å²) in [4.78, 5) is 18.9. The van der Waals surface area contributed by atoms with Crippen LogP contribution in [0.4, 0.5) is 0 Å². The maximum atomic E-state index is 12.6. The second-order valence-electron chi connectivity index (χ2n) is 7.68. The van der Waals surface area contributed by atoms with Crippen LogP contribution in [0, 0.1) is 11.8 Å². The molecule has 2 fully saturated rings. The van der Waals surface area contributed by atoms with E-state index in [-0.39, 0.29) is 35.9 Å². The zero-order valence-electron chi connectivity index (χ0n) is 16.4. The molecule has 1 amide bonds. The minimum atomic E-state index is 0. The Hall–Kier alpha value is -1.32. The quantitative estimate of drug-likeness (QED) is 0.366. The molecule has 8 heteroatoms. The lowest BCUT2D eigenvalue weighted by Crippen LogP contribution is -2.46. The van der Waals surface area contributed by atoms with E-state index in [1.165, 1.54) is 12.8 Å². The minimum Gasteiger partial charge on any atom is -0.356 e. The molecule has 1 saturated heterocycles. The van der Waals surface area contributed by atoms with Gasteiger partial charge in [0, 0.05) is 57.6 Å². The van der Waals surface area contributed by atoms with Gasteiger partial charge in [0.05, 0.1) is 0 Å². The average molecular weight is 488 g/mol. The Labute approximate surface area is 179 Å². The number of aliphatic imine (C=N–C) groups is 1. The molecule has 0 spiro atoms. The van der Waals surface area contributed by atoms with Crippen LogP contribution in [0.1, 0.15) is 39.0 Å². The van der Waals surface area contributed by atoms with Crippen LogP contribution in [0.25, 0.3) is 0 Å². The molecule has 1 aromatic heterocycles. The number of likely N-dealkylation sites (tertiary alicyclic amines) is 1. The molecule has 2 N–H and O–H groups in total. The number of nitrogens with one attached hydrogen (secondary N) is 2. The van der Waals surface area contributed by atoms with Crippen molar-refractivity contribution in [2.24, 2.45) is 16.8 Å². The first-order chi connectivity index (χ1) is 12.7. The summed E-state index contributed by atoms with van der Waals surface area (Å²) in [5, 5.41) is 11.1. The van der Waals surface area contributed by atoms with E-state index in [1.54, 1.807) is 13.2 Å². The fourth-order valence-electron chi connectivity index (χ4n) is 3.96. The average Bonchev–Trinajstić information content (AvgIpc) is 3.40. The first-order valence-electron chi connectivity index (χ1n) is 9.89. The lowest BCUT2D eigenvalue weighted by atomic mass is 10.1. The third-order valence-corrected chi connectivity index (χ3v) is 5.44. The minimum absolute atomic E-state index is 0. The normalized spacial score (nSPS) is 21.8. The van der Waals surface area contributed by atoms with Crippen LogP contribution in [0.15, 0.2) is 23.5 Å². The van der Waals surface area contributed by atoms with Gasteiger partial charge < -0.3 is 15.5 Å². The van der Waals surface area contributed by atoms with Gasteiger partial charge in [-0.3, -0.25) is 14.5 Å². The summed E-state index contributed by atoms with van der Waals surface area (Å²) in [7, 11) is 1.80. The van der Waals surface area contributed by atoms with Crippen LogP contribution < -0.4 is 10.6 Å². The molecule has 0 bridgehead atoms. The summed E-state index contributed by atoms with van der Waals surface area (Å²) in [6.45, 7) is 5.55. The van der Waals surface area contributed by atoms with E-state index in [0.717, 1.165) is 51.4 Å². The molecule has 3 rings (SSSR count). The molecule has 2 heterocycles. The molecule has 2 atom stereocenters. The summed E-state index contributed by atoms with van der Waals surface area (Å²) in [6.07, 6.45) is 9.34. The standard InChI is InChI=1S/C19H32N6O.HI/c1-15(13-25-10-5-9-22-25)12-21-19(20-2)23-17-8-11-24(14-17)18(26)16-6-3-4-7-16;/h5,9-10,15-17H,3-4,6-8,11-14H2,1-2H3,(H2,20,21,23);1H. The van der Waals surface area contributed by atoms with E-state index in [1.807, 2.05) is 21.8 Å². The number of rotatable bonds is 6. The van der Waals surface area contributed by atoms with Gasteiger partial charge in [-0.05, 0) is 31.2 Å². The number of hydrogen-bond donors (Lipinski definition) is 2. The fraction of sp³-hybridized carbons (Fsp3) is 0.737. The molecular formula is C19H33IN6O. The zero-order chi connectivity index (χ0) is 18.4. The number of halogens is 1. The van der Waals surface area contributed by atoms with E-state index in [0.29, 0.717) is 11.8 Å². The predicted octanol–water partition coefficient (Wildman–Crippen LogP) is 2.09. The Morgan fingerprint density at radius 3 is 2.78 bits per heavy atom. The highest BCUT2D eigenvalue weighted by Crippen LogP contribution is 2.27. The summed E-state index contributed by atoms with van der Waals surface area (Å²) >= 11 is 0. The number of carbonyl (C=O) groups excluding carboxylic acids is 1. The van der Waals surface area contributed by atoms with Crippen molar-refractivity contribution in [1.29, 1.82) is 0 Å². The largest absolute Gasteiger partial charge is 0.356 e. The van der Waals surface area contributed by atoms with Crippen LogP contribution in [0.3, 0.4) is 0 Å². The number of guanidine groups is 1. The Bertz CT molecular complexity index is 599. The molecule has 0 aromatic carbocycles. The zero-order valence-corrected chi connectivity index (χ0v) is 18.8. The molecule has 0 radical (unpaired) electrons. The van der Waals surface area contributed by atoms with Crippen LogP contribution in [0.5, 0.6) is 0 Å². The van der Waals surface area contributed by atoms with Gasteiger partial charge in [0.25, 0.3) is 0 Å². The highest BCUT2D eigenvalue weighted by Gasteiger charge is 2.32. The van der Waals surface area contributed by atoms with Gasteiger partial charge in [0.1, 0.15) is 0 Å². The number of aromatic nitrogens is 2. The van der Waals surface area contributed by atoms with Gasteiger partial charge in [-0.2, -0.15) is 5.10 Å². The highest BCUT2D eigenvalue weighted by molar-refractivity contribution is 14.0. The van der Waals surface area contributed by atoms with Gasteiger partial charge in [0.2, 0.25) is 5.91 Å². The lowest BCUT2D eigenvalue weighted by Gasteiger charge is -2.22. The second-order valence-corrected chi connectivity index (χ2v) is 7.68. The third kappa shape index (κ3) is 6.36. The van der Waals surface area contributed by atoms with Gasteiger partial charge in [-0.1, -0.05) is 19.8 Å². The number of carbonyl (C=O) groups is 1. The SMILES string of the molecule is CN=C(NCC(C)Cn1cccn1)NC1CCN(C(=O)C2CCCC2)C1.I. The maximum Gasteiger partial charge on any atom is 0.225 e. The van der Waals surface area contributed by atoms with Gasteiger partial charge in [-0.25, -0.2) is 0 Å². The molecule has 7 nitrogen and oxygen atoms in total. The molecule has 152 valence electrons.